The molecule has 0 aliphatic rings. The first-order valence-corrected chi connectivity index (χ1v) is 1.02. The summed E-state index contributed by atoms with van der Waals surface area (Å²) in [5, 5.41) is 0. The van der Waals surface area contributed by atoms with Gasteiger partial charge in [0.25, 0.3) is 0 Å². The summed E-state index contributed by atoms with van der Waals surface area (Å²) in [7, 11) is 0. The maximum Gasteiger partial charge on any atom is 0 e. The van der Waals surface area contributed by atoms with Crippen LogP contribution in [0.25, 0.3) is 0 Å². The monoisotopic (exact) mass is 616 g/mol. The van der Waals surface area contributed by atoms with Crippen molar-refractivity contribution >= 4 is 97.8 Å². The Morgan fingerprint density at radius 2 is 0.750 bits per heavy atom. The maximum absolute atomic E-state index is 7.81. The molecule has 0 atom stereocenters. The van der Waals surface area contributed by atoms with Crippen molar-refractivity contribution in [1.82, 2.24) is 0 Å². The number of hydrogen-bond acceptors (Lipinski definition) is 2. The average Bonchev–Trinajstić information content (AvgIpc) is 1.50. The minimum atomic E-state index is 0. The van der Waals surface area contributed by atoms with E-state index in [2.05, 4.69) is 31.9 Å². The summed E-state index contributed by atoms with van der Waals surface area (Å²) < 4.78 is 15.6. The van der Waals surface area contributed by atoms with Gasteiger partial charge in [-0.2, -0.15) is 0 Å². The van der Waals surface area contributed by atoms with Crippen molar-refractivity contribution in [1.29, 1.82) is 0 Å². The fourth-order valence-corrected chi connectivity index (χ4v) is 0. The Labute approximate surface area is 202 Å². The van der Waals surface area contributed by atoms with Gasteiger partial charge in [0.05, 0.1) is 0 Å². The summed E-state index contributed by atoms with van der Waals surface area (Å²) in [6.45, 7) is 0. The molecule has 2 nitrogen and oxygen atoms in total. The molecule has 0 unspecified atom stereocenters. The van der Waals surface area contributed by atoms with E-state index in [0.717, 1.165) is 0 Å². The van der Waals surface area contributed by atoms with Crippen LogP contribution >= 0.6 is 0 Å². The molecule has 0 amide bonds. The zero-order valence-electron chi connectivity index (χ0n) is 7.99. The second kappa shape index (κ2) is 52.0. The van der Waals surface area contributed by atoms with E-state index in [1.54, 1.807) is 0 Å². The minimum Gasteiger partial charge on any atom is 0 e. The Bertz CT molecular complexity index is 29.0. The van der Waals surface area contributed by atoms with Crippen LogP contribution in [0.5, 0.6) is 0 Å². The molecule has 8 heavy (non-hydrogen) atoms. The molecule has 0 N–H and O–H groups in total. The molecule has 0 aromatic carbocycles. The van der Waals surface area contributed by atoms with E-state index in [1.165, 1.54) is 0 Å². The van der Waals surface area contributed by atoms with Crippen LogP contribution in [0.2, 0.25) is 0 Å². The third-order valence-corrected chi connectivity index (χ3v) is 0. The summed E-state index contributed by atoms with van der Waals surface area (Å²) in [4.78, 5) is 0. The maximum atomic E-state index is 7.81. The van der Waals surface area contributed by atoms with Gasteiger partial charge in [0, 0.05) is 65.4 Å². The van der Waals surface area contributed by atoms with Gasteiger partial charge in [-0.1, -0.05) is 0 Å². The largest absolute Gasteiger partial charge is 0 e. The fraction of sp³-hybridized carbons (Fsp3) is 0. The standard InChI is InChI=1S/2Ba.2Cu.2O.2Y.4H/q2*+2;;;;;;;4*-1. The minimum absolute atomic E-state index is 0. The topological polar surface area (TPSA) is 34.1 Å². The third-order valence-electron chi connectivity index (χ3n) is 0. The van der Waals surface area contributed by atoms with Crippen molar-refractivity contribution in [3.8, 4) is 0 Å². The predicted molar refractivity (Wildman–Crippen MR) is 17.3 cm³/mol. The molecule has 0 spiro atoms. The van der Waals surface area contributed by atoms with E-state index in [1.807, 2.05) is 0 Å². The van der Waals surface area contributed by atoms with E-state index in [4.69, 9.17) is 7.67 Å². The first kappa shape index (κ1) is 37.0. The molecular weight excluding hydrogens is 612 g/mol. The van der Waals surface area contributed by atoms with Gasteiger partial charge in [0.2, 0.25) is 0 Å². The third kappa shape index (κ3) is 40.4. The normalized spacial score (nSPS) is 1.50. The van der Waals surface area contributed by atoms with Gasteiger partial charge in [-0.25, -0.2) is 0 Å². The van der Waals surface area contributed by atoms with E-state index >= 15 is 0 Å². The van der Waals surface area contributed by atoms with Gasteiger partial charge in [-0.15, -0.1) is 0 Å². The molecule has 0 aromatic rings. The molecule has 0 saturated carbocycles. The van der Waals surface area contributed by atoms with Crippen LogP contribution in [0.3, 0.4) is 0 Å². The number of rotatable bonds is 0. The fourth-order valence-electron chi connectivity index (χ4n) is 0. The van der Waals surface area contributed by atoms with Crippen LogP contribution in [0.4, 0.5) is 0 Å². The molecule has 0 aliphatic heterocycles. The molecule has 0 fully saturated rings. The Morgan fingerprint density at radius 1 is 0.750 bits per heavy atom. The molecule has 0 saturated heterocycles. The first-order chi connectivity index (χ1) is 2.00. The second-order valence-electron chi connectivity index (χ2n) is 0. The van der Waals surface area contributed by atoms with Gasteiger partial charge < -0.3 is 5.71 Å². The van der Waals surface area contributed by atoms with Crippen LogP contribution in [0.1, 0.15) is 5.71 Å². The quantitative estimate of drug-likeness (QED) is 0.343. The summed E-state index contributed by atoms with van der Waals surface area (Å²) in [6, 6.07) is 0. The molecule has 0 aromatic heterocycles. The first-order valence-electron chi connectivity index (χ1n) is 0.246. The van der Waals surface area contributed by atoms with Crippen molar-refractivity contribution in [2.45, 2.75) is 0 Å². The van der Waals surface area contributed by atoms with E-state index in [0.29, 0.717) is 0 Å². The Hall–Kier alpha value is 5.99. The van der Waals surface area contributed by atoms with Gasteiger partial charge in [0.15, 0.2) is 0 Å². The smallest absolute Gasteiger partial charge is 0 e. The van der Waals surface area contributed by atoms with Crippen molar-refractivity contribution < 1.29 is 111 Å². The van der Waals surface area contributed by atoms with Crippen molar-refractivity contribution in [3.63, 3.8) is 0 Å². The Morgan fingerprint density at radius 3 is 0.750 bits per heavy atom. The zero-order valence-corrected chi connectivity index (χ0v) is 20.4. The SMILES string of the molecule is [Ba+2].[Ba+2].[H-].[H-].[H-].[H-].[O]=[Cu].[O]=[Cu].[Y].[Y]. The summed E-state index contributed by atoms with van der Waals surface area (Å²) in [5.41, 5.74) is 0. The van der Waals surface area contributed by atoms with Gasteiger partial charge in [-0.3, -0.25) is 0 Å². The van der Waals surface area contributed by atoms with E-state index in [-0.39, 0.29) is 169 Å². The van der Waals surface area contributed by atoms with Crippen molar-refractivity contribution in [2.24, 2.45) is 0 Å². The van der Waals surface area contributed by atoms with Crippen molar-refractivity contribution in [3.05, 3.63) is 0 Å². The molecule has 8 heteroatoms. The van der Waals surface area contributed by atoms with Crippen molar-refractivity contribution in [2.75, 3.05) is 0 Å². The van der Waals surface area contributed by atoms with E-state index in [9.17, 15) is 0 Å². The molecule has 0 bridgehead atoms. The summed E-state index contributed by atoms with van der Waals surface area (Å²) >= 11 is 5.88. The second-order valence-corrected chi connectivity index (χ2v) is 0. The van der Waals surface area contributed by atoms with Crippen LogP contribution in [0.15, 0.2) is 0 Å². The average molecular weight is 616 g/mol. The van der Waals surface area contributed by atoms with Crippen LogP contribution in [-0.4, -0.2) is 97.8 Å². The molecule has 0 heterocycles. The van der Waals surface area contributed by atoms with Crippen LogP contribution in [0, 0.1) is 0 Å². The Balaban J connectivity index is -0.000000000500. The molecule has 2 radical (unpaired) electrons. The predicted octanol–water partition coefficient (Wildman–Crippen LogP) is -0.559. The summed E-state index contributed by atoms with van der Waals surface area (Å²) in [5.74, 6) is 0. The molecule has 48 valence electrons. The van der Waals surface area contributed by atoms with Crippen LogP contribution < -0.4 is 0 Å². The molecule has 0 rings (SSSR count). The summed E-state index contributed by atoms with van der Waals surface area (Å²) in [6.07, 6.45) is 0. The van der Waals surface area contributed by atoms with Gasteiger partial charge >= 0.3 is 137 Å². The zero-order chi connectivity index (χ0) is 4.00. The van der Waals surface area contributed by atoms with Gasteiger partial charge in [-0.05, 0) is 0 Å². The molecule has 0 aliphatic carbocycles. The van der Waals surface area contributed by atoms with E-state index < -0.39 is 0 Å². The van der Waals surface area contributed by atoms with Gasteiger partial charge in [0.1, 0.15) is 0 Å². The Kier molecular flexibility index (Phi) is 241. The molecular formula is H4Ba2Cu2O2Y2. The number of hydrogen-bond donors (Lipinski definition) is 0. The van der Waals surface area contributed by atoms with Crippen LogP contribution in [-0.2, 0) is 105 Å².